The summed E-state index contributed by atoms with van der Waals surface area (Å²) in [4.78, 5) is 8.00. The summed E-state index contributed by atoms with van der Waals surface area (Å²) in [7, 11) is 0. The van der Waals surface area contributed by atoms with Crippen molar-refractivity contribution in [3.63, 3.8) is 0 Å². The Morgan fingerprint density at radius 3 is 2.43 bits per heavy atom. The summed E-state index contributed by atoms with van der Waals surface area (Å²) in [6.07, 6.45) is -1.57. The lowest BCUT2D eigenvalue weighted by Crippen LogP contribution is -2.17. The van der Waals surface area contributed by atoms with Crippen LogP contribution in [-0.4, -0.2) is 21.0 Å². The van der Waals surface area contributed by atoms with Crippen molar-refractivity contribution in [3.8, 4) is 0 Å². The first-order chi connectivity index (χ1) is 9.91. The van der Waals surface area contributed by atoms with Crippen LogP contribution in [0.2, 0.25) is 0 Å². The molecular formula is C12H9F3N4OS. The van der Waals surface area contributed by atoms with Gasteiger partial charge in [0.1, 0.15) is 10.7 Å². The second-order valence-electron chi connectivity index (χ2n) is 3.82. The summed E-state index contributed by atoms with van der Waals surface area (Å²) in [6, 6.07) is 5.13. The Morgan fingerprint density at radius 1 is 1.19 bits per heavy atom. The molecule has 0 fully saturated rings. The molecule has 0 amide bonds. The summed E-state index contributed by atoms with van der Waals surface area (Å²) < 4.78 is 38.2. The molecule has 0 saturated heterocycles. The molecule has 9 heteroatoms. The maximum Gasteiger partial charge on any atom is 0.433 e. The number of aromatic nitrogens is 2. The predicted octanol–water partition coefficient (Wildman–Crippen LogP) is 2.74. The number of halogens is 3. The number of alkyl halides is 3. The van der Waals surface area contributed by atoms with Gasteiger partial charge in [-0.2, -0.15) is 13.2 Å². The maximum atomic E-state index is 12.7. The minimum Gasteiger partial charge on any atom is -0.409 e. The zero-order valence-electron chi connectivity index (χ0n) is 10.4. The number of nitrogens with two attached hydrogens (primary N) is 1. The maximum absolute atomic E-state index is 12.7. The Hall–Kier alpha value is -2.29. The molecule has 3 N–H and O–H groups in total. The molecule has 2 aromatic heterocycles. The van der Waals surface area contributed by atoms with Gasteiger partial charge in [0.15, 0.2) is 5.84 Å². The first-order valence-corrected chi connectivity index (χ1v) is 6.37. The van der Waals surface area contributed by atoms with E-state index < -0.39 is 11.9 Å². The van der Waals surface area contributed by atoms with Crippen LogP contribution in [0.15, 0.2) is 51.7 Å². The third-order valence-corrected chi connectivity index (χ3v) is 3.41. The second-order valence-corrected chi connectivity index (χ2v) is 4.88. The van der Waals surface area contributed by atoms with Gasteiger partial charge in [-0.05, 0) is 24.3 Å². The number of nitrogens with zero attached hydrogens (tertiary/aromatic N) is 3. The molecule has 0 aliphatic rings. The van der Waals surface area contributed by atoms with Gasteiger partial charge in [-0.25, -0.2) is 4.98 Å². The van der Waals surface area contributed by atoms with Crippen LogP contribution in [0.4, 0.5) is 13.2 Å². The molecular weight excluding hydrogens is 305 g/mol. The molecule has 2 aromatic rings. The minimum atomic E-state index is -4.57. The molecule has 21 heavy (non-hydrogen) atoms. The number of rotatable bonds is 3. The fourth-order valence-electron chi connectivity index (χ4n) is 1.44. The van der Waals surface area contributed by atoms with Gasteiger partial charge in [-0.15, -0.1) is 0 Å². The minimum absolute atomic E-state index is 0.00803. The van der Waals surface area contributed by atoms with Gasteiger partial charge in [0.25, 0.3) is 0 Å². The number of amidine groups is 1. The van der Waals surface area contributed by atoms with Crippen LogP contribution in [0.1, 0.15) is 11.3 Å². The van der Waals surface area contributed by atoms with E-state index in [9.17, 15) is 13.2 Å². The summed E-state index contributed by atoms with van der Waals surface area (Å²) in [5.74, 6) is -0.312. The molecule has 0 aliphatic heterocycles. The van der Waals surface area contributed by atoms with Crippen molar-refractivity contribution in [2.45, 2.75) is 16.1 Å². The summed E-state index contributed by atoms with van der Waals surface area (Å²) >= 11 is 0.965. The van der Waals surface area contributed by atoms with Crippen molar-refractivity contribution in [3.05, 3.63) is 47.9 Å². The van der Waals surface area contributed by atoms with E-state index in [1.807, 2.05) is 0 Å². The standard InChI is InChI=1S/C12H9F3N4OS/c13-12(14,15)9-2-1-8(10(16)19-20)11(18-9)21-7-3-5-17-6-4-7/h1-6,20H,(H2,16,19). The molecule has 110 valence electrons. The predicted molar refractivity (Wildman–Crippen MR) is 70.1 cm³/mol. The monoisotopic (exact) mass is 314 g/mol. The van der Waals surface area contributed by atoms with Crippen molar-refractivity contribution >= 4 is 17.6 Å². The fraction of sp³-hybridized carbons (Fsp3) is 0.0833. The van der Waals surface area contributed by atoms with E-state index in [-0.39, 0.29) is 16.4 Å². The van der Waals surface area contributed by atoms with Gasteiger partial charge in [-0.3, -0.25) is 4.98 Å². The van der Waals surface area contributed by atoms with Crippen molar-refractivity contribution in [2.24, 2.45) is 10.9 Å². The van der Waals surface area contributed by atoms with Crippen LogP contribution < -0.4 is 5.73 Å². The third kappa shape index (κ3) is 3.63. The largest absolute Gasteiger partial charge is 0.433 e. The Morgan fingerprint density at radius 2 is 1.86 bits per heavy atom. The zero-order valence-corrected chi connectivity index (χ0v) is 11.2. The molecule has 0 saturated carbocycles. The Bertz CT molecular complexity index is 661. The van der Waals surface area contributed by atoms with E-state index in [1.54, 1.807) is 12.1 Å². The van der Waals surface area contributed by atoms with E-state index >= 15 is 0 Å². The van der Waals surface area contributed by atoms with Crippen LogP contribution in [0, 0.1) is 0 Å². The van der Waals surface area contributed by atoms with E-state index in [0.717, 1.165) is 23.9 Å². The highest BCUT2D eigenvalue weighted by atomic mass is 32.2. The van der Waals surface area contributed by atoms with Crippen LogP contribution in [0.5, 0.6) is 0 Å². The number of pyridine rings is 2. The van der Waals surface area contributed by atoms with Gasteiger partial charge in [0.2, 0.25) is 0 Å². The van der Waals surface area contributed by atoms with Gasteiger partial charge in [0, 0.05) is 17.3 Å². The summed E-state index contributed by atoms with van der Waals surface area (Å²) in [5.41, 5.74) is 4.53. The van der Waals surface area contributed by atoms with Gasteiger partial charge >= 0.3 is 6.18 Å². The van der Waals surface area contributed by atoms with E-state index in [1.165, 1.54) is 12.4 Å². The van der Waals surface area contributed by atoms with Crippen molar-refractivity contribution in [1.29, 1.82) is 0 Å². The van der Waals surface area contributed by atoms with Gasteiger partial charge in [0.05, 0.1) is 5.56 Å². The Balaban J connectivity index is 2.48. The van der Waals surface area contributed by atoms with Crippen molar-refractivity contribution in [2.75, 3.05) is 0 Å². The number of hydrogen-bond acceptors (Lipinski definition) is 5. The van der Waals surface area contributed by atoms with E-state index in [4.69, 9.17) is 10.9 Å². The third-order valence-electron chi connectivity index (χ3n) is 2.40. The van der Waals surface area contributed by atoms with Gasteiger partial charge in [-0.1, -0.05) is 16.9 Å². The summed E-state index contributed by atoms with van der Waals surface area (Å²) in [5, 5.41) is 11.5. The van der Waals surface area contributed by atoms with Crippen LogP contribution in [-0.2, 0) is 6.18 Å². The topological polar surface area (TPSA) is 84.4 Å². The molecule has 0 aromatic carbocycles. The quantitative estimate of drug-likeness (QED) is 0.394. The number of oxime groups is 1. The lowest BCUT2D eigenvalue weighted by molar-refractivity contribution is -0.141. The Labute approximate surface area is 121 Å². The highest BCUT2D eigenvalue weighted by Gasteiger charge is 2.33. The molecule has 0 spiro atoms. The fourth-order valence-corrected chi connectivity index (χ4v) is 2.35. The first-order valence-electron chi connectivity index (χ1n) is 5.56. The smallest absolute Gasteiger partial charge is 0.409 e. The van der Waals surface area contributed by atoms with Gasteiger partial charge < -0.3 is 10.9 Å². The molecule has 5 nitrogen and oxygen atoms in total. The molecule has 2 rings (SSSR count). The highest BCUT2D eigenvalue weighted by Crippen LogP contribution is 2.33. The molecule has 0 radical (unpaired) electrons. The second kappa shape index (κ2) is 6.00. The molecule has 2 heterocycles. The van der Waals surface area contributed by atoms with E-state index in [0.29, 0.717) is 4.90 Å². The molecule has 0 atom stereocenters. The summed E-state index contributed by atoms with van der Waals surface area (Å²) in [6.45, 7) is 0. The molecule has 0 bridgehead atoms. The van der Waals surface area contributed by atoms with Crippen LogP contribution in [0.25, 0.3) is 0 Å². The van der Waals surface area contributed by atoms with E-state index in [2.05, 4.69) is 15.1 Å². The average Bonchev–Trinajstić information content (AvgIpc) is 2.46. The van der Waals surface area contributed by atoms with Crippen LogP contribution in [0.3, 0.4) is 0 Å². The lowest BCUT2D eigenvalue weighted by Gasteiger charge is -2.11. The number of hydrogen-bond donors (Lipinski definition) is 2. The highest BCUT2D eigenvalue weighted by molar-refractivity contribution is 7.99. The Kier molecular flexibility index (Phi) is 4.32. The lowest BCUT2D eigenvalue weighted by atomic mass is 10.2. The average molecular weight is 314 g/mol. The van der Waals surface area contributed by atoms with Crippen LogP contribution >= 0.6 is 11.8 Å². The zero-order chi connectivity index (χ0) is 15.5. The first kappa shape index (κ1) is 15.1. The SMILES string of the molecule is N/C(=N/O)c1ccc(C(F)(F)F)nc1Sc1ccncc1. The van der Waals surface area contributed by atoms with Crippen molar-refractivity contribution < 1.29 is 18.4 Å². The normalized spacial score (nSPS) is 12.4. The molecule has 0 aliphatic carbocycles. The molecule has 0 unspecified atom stereocenters. The van der Waals surface area contributed by atoms with Crippen molar-refractivity contribution in [1.82, 2.24) is 9.97 Å².